The van der Waals surface area contributed by atoms with Crippen LogP contribution in [0.4, 0.5) is 5.69 Å². The van der Waals surface area contributed by atoms with Crippen LogP contribution in [-0.2, 0) is 11.8 Å². The molecule has 31 heavy (non-hydrogen) atoms. The molecule has 4 rings (SSSR count). The Kier molecular flexibility index (Phi) is 5.21. The number of para-hydroxylation sites is 1. The summed E-state index contributed by atoms with van der Waals surface area (Å²) in [4.78, 5) is 36.9. The minimum atomic E-state index is -0.475. The van der Waals surface area contributed by atoms with Gasteiger partial charge in [-0.1, -0.05) is 18.2 Å². The lowest BCUT2D eigenvalue weighted by Crippen LogP contribution is -2.25. The van der Waals surface area contributed by atoms with Crippen molar-refractivity contribution in [2.45, 2.75) is 13.8 Å². The van der Waals surface area contributed by atoms with E-state index in [9.17, 15) is 14.4 Å². The molecule has 0 bridgehead atoms. The molecule has 158 valence electrons. The summed E-state index contributed by atoms with van der Waals surface area (Å²) in [6.45, 7) is 3.27. The summed E-state index contributed by atoms with van der Waals surface area (Å²) in [5, 5.41) is 3.43. The molecule has 4 aromatic rings. The summed E-state index contributed by atoms with van der Waals surface area (Å²) in [6.07, 6.45) is 0. The third-order valence-corrected chi connectivity index (χ3v) is 5.11. The summed E-state index contributed by atoms with van der Waals surface area (Å²) in [5.41, 5.74) is 1.90. The number of hydrogen-bond donors (Lipinski definition) is 1. The molecule has 2 aromatic carbocycles. The maximum absolute atomic E-state index is 12.9. The topological polar surface area (TPSA) is 95.5 Å². The van der Waals surface area contributed by atoms with Gasteiger partial charge in [0.25, 0.3) is 11.5 Å². The zero-order chi connectivity index (χ0) is 22.1. The van der Waals surface area contributed by atoms with E-state index in [2.05, 4.69) is 5.32 Å². The van der Waals surface area contributed by atoms with Crippen molar-refractivity contribution in [2.75, 3.05) is 11.9 Å². The van der Waals surface area contributed by atoms with Crippen LogP contribution in [0.15, 0.2) is 68.6 Å². The lowest BCUT2D eigenvalue weighted by atomic mass is 10.1. The van der Waals surface area contributed by atoms with Gasteiger partial charge in [-0.2, -0.15) is 0 Å². The number of hydrogen-bond acceptors (Lipinski definition) is 5. The summed E-state index contributed by atoms with van der Waals surface area (Å²) < 4.78 is 13.9. The van der Waals surface area contributed by atoms with Gasteiger partial charge in [0, 0.05) is 24.6 Å². The zero-order valence-corrected chi connectivity index (χ0v) is 17.3. The second-order valence-corrected chi connectivity index (χ2v) is 7.18. The first kappa shape index (κ1) is 20.2. The Bertz CT molecular complexity index is 1400. The molecular weight excluding hydrogens is 398 g/mol. The minimum absolute atomic E-state index is 0.195. The second kappa shape index (κ2) is 7.98. The minimum Gasteiger partial charge on any atom is -0.484 e. The van der Waals surface area contributed by atoms with Gasteiger partial charge in [-0.3, -0.25) is 14.3 Å². The first-order chi connectivity index (χ1) is 14.8. The van der Waals surface area contributed by atoms with Gasteiger partial charge in [0.05, 0.1) is 11.4 Å². The molecular formula is C23H21N3O5. The summed E-state index contributed by atoms with van der Waals surface area (Å²) in [6, 6.07) is 15.6. The van der Waals surface area contributed by atoms with Crippen LogP contribution in [0.2, 0.25) is 0 Å². The molecule has 2 heterocycles. The Balaban J connectivity index is 1.52. The fourth-order valence-corrected chi connectivity index (χ4v) is 3.43. The SMILES string of the molecule is Cc1cc(=O)oc2cc(OCC(=O)Nc3c(C)n(C)n(-c4ccccc4)c3=O)ccc12. The van der Waals surface area contributed by atoms with Crippen LogP contribution >= 0.6 is 0 Å². The quantitative estimate of drug-likeness (QED) is 0.502. The van der Waals surface area contributed by atoms with Gasteiger partial charge in [0.15, 0.2) is 6.61 Å². The standard InChI is InChI=1S/C23H21N3O5/c1-14-11-21(28)31-19-12-17(9-10-18(14)19)30-13-20(27)24-22-15(2)25(3)26(23(22)29)16-7-5-4-6-8-16/h4-12H,13H2,1-3H3,(H,24,27). The molecule has 0 saturated heterocycles. The highest BCUT2D eigenvalue weighted by molar-refractivity contribution is 5.92. The van der Waals surface area contributed by atoms with Crippen molar-refractivity contribution in [3.05, 3.63) is 86.6 Å². The predicted octanol–water partition coefficient (Wildman–Crippen LogP) is 2.92. The highest BCUT2D eigenvalue weighted by atomic mass is 16.5. The van der Waals surface area contributed by atoms with E-state index in [1.807, 2.05) is 37.3 Å². The average Bonchev–Trinajstić information content (AvgIpc) is 2.95. The zero-order valence-electron chi connectivity index (χ0n) is 17.3. The van der Waals surface area contributed by atoms with Gasteiger partial charge in [0.1, 0.15) is 17.0 Å². The summed E-state index contributed by atoms with van der Waals surface area (Å²) in [7, 11) is 1.75. The molecule has 0 spiro atoms. The van der Waals surface area contributed by atoms with Crippen LogP contribution < -0.4 is 21.2 Å². The smallest absolute Gasteiger partial charge is 0.336 e. The van der Waals surface area contributed by atoms with Crippen LogP contribution in [0.1, 0.15) is 11.3 Å². The first-order valence-corrected chi connectivity index (χ1v) is 9.66. The lowest BCUT2D eigenvalue weighted by Gasteiger charge is -2.08. The van der Waals surface area contributed by atoms with E-state index in [-0.39, 0.29) is 17.9 Å². The third-order valence-electron chi connectivity index (χ3n) is 5.11. The van der Waals surface area contributed by atoms with Crippen molar-refractivity contribution in [2.24, 2.45) is 7.05 Å². The highest BCUT2D eigenvalue weighted by Crippen LogP contribution is 2.22. The van der Waals surface area contributed by atoms with E-state index >= 15 is 0 Å². The fourth-order valence-electron chi connectivity index (χ4n) is 3.43. The van der Waals surface area contributed by atoms with Crippen molar-refractivity contribution in [3.63, 3.8) is 0 Å². The van der Waals surface area contributed by atoms with Gasteiger partial charge in [-0.05, 0) is 43.7 Å². The number of ether oxygens (including phenoxy) is 1. The van der Waals surface area contributed by atoms with Crippen LogP contribution in [0.5, 0.6) is 5.75 Å². The van der Waals surface area contributed by atoms with E-state index in [0.717, 1.165) is 10.9 Å². The number of anilines is 1. The van der Waals surface area contributed by atoms with Crippen molar-refractivity contribution in [1.29, 1.82) is 0 Å². The van der Waals surface area contributed by atoms with Crippen molar-refractivity contribution >= 4 is 22.6 Å². The molecule has 2 aromatic heterocycles. The Morgan fingerprint density at radius 2 is 1.81 bits per heavy atom. The normalized spacial score (nSPS) is 10.9. The van der Waals surface area contributed by atoms with Crippen LogP contribution in [0.3, 0.4) is 0 Å². The molecule has 0 aliphatic rings. The Morgan fingerprint density at radius 3 is 2.55 bits per heavy atom. The largest absolute Gasteiger partial charge is 0.484 e. The van der Waals surface area contributed by atoms with E-state index in [1.54, 1.807) is 36.9 Å². The Morgan fingerprint density at radius 1 is 1.06 bits per heavy atom. The number of benzene rings is 2. The van der Waals surface area contributed by atoms with Gasteiger partial charge in [0.2, 0.25) is 0 Å². The van der Waals surface area contributed by atoms with Gasteiger partial charge in [-0.25, -0.2) is 9.48 Å². The van der Waals surface area contributed by atoms with E-state index in [1.165, 1.54) is 10.7 Å². The molecule has 0 atom stereocenters. The first-order valence-electron chi connectivity index (χ1n) is 9.66. The number of aryl methyl sites for hydroxylation is 1. The lowest BCUT2D eigenvalue weighted by molar-refractivity contribution is -0.118. The van der Waals surface area contributed by atoms with E-state index < -0.39 is 11.5 Å². The van der Waals surface area contributed by atoms with Crippen molar-refractivity contribution < 1.29 is 13.9 Å². The van der Waals surface area contributed by atoms with Gasteiger partial charge in [-0.15, -0.1) is 0 Å². The summed E-state index contributed by atoms with van der Waals surface area (Å²) >= 11 is 0. The summed E-state index contributed by atoms with van der Waals surface area (Å²) in [5.74, 6) is -0.0975. The maximum Gasteiger partial charge on any atom is 0.336 e. The number of nitrogens with one attached hydrogen (secondary N) is 1. The maximum atomic E-state index is 12.9. The fraction of sp³-hybridized carbons (Fsp3) is 0.174. The number of aromatic nitrogens is 2. The predicted molar refractivity (Wildman–Crippen MR) is 117 cm³/mol. The molecule has 1 N–H and O–H groups in total. The van der Waals surface area contributed by atoms with Crippen LogP contribution in [0.25, 0.3) is 16.7 Å². The highest BCUT2D eigenvalue weighted by Gasteiger charge is 2.18. The average molecular weight is 419 g/mol. The monoisotopic (exact) mass is 419 g/mol. The second-order valence-electron chi connectivity index (χ2n) is 7.18. The number of fused-ring (bicyclic) bond motifs is 1. The van der Waals surface area contributed by atoms with Crippen LogP contribution in [0, 0.1) is 13.8 Å². The Hall–Kier alpha value is -4.07. The van der Waals surface area contributed by atoms with E-state index in [4.69, 9.17) is 9.15 Å². The number of carbonyl (C=O) groups is 1. The molecule has 0 unspecified atom stereocenters. The Labute approximate surface area is 177 Å². The molecule has 8 heteroatoms. The van der Waals surface area contributed by atoms with Crippen molar-refractivity contribution in [1.82, 2.24) is 9.36 Å². The molecule has 8 nitrogen and oxygen atoms in total. The van der Waals surface area contributed by atoms with E-state index in [0.29, 0.717) is 22.7 Å². The van der Waals surface area contributed by atoms with Crippen molar-refractivity contribution in [3.8, 4) is 11.4 Å². The third kappa shape index (κ3) is 3.87. The van der Waals surface area contributed by atoms with Crippen LogP contribution in [-0.4, -0.2) is 21.9 Å². The number of rotatable bonds is 5. The molecule has 0 radical (unpaired) electrons. The van der Waals surface area contributed by atoms with Gasteiger partial charge >= 0.3 is 5.63 Å². The molecule has 0 aliphatic carbocycles. The van der Waals surface area contributed by atoms with Gasteiger partial charge < -0.3 is 14.5 Å². The molecule has 0 saturated carbocycles. The number of amides is 1. The molecule has 0 aliphatic heterocycles. The number of carbonyl (C=O) groups excluding carboxylic acids is 1. The molecule has 0 fully saturated rings. The molecule has 1 amide bonds. The number of nitrogens with zero attached hydrogens (tertiary/aromatic N) is 2.